The summed E-state index contributed by atoms with van der Waals surface area (Å²) in [7, 11) is 0. The molecule has 2 unspecified atom stereocenters. The Balaban J connectivity index is 2.32. The van der Waals surface area contributed by atoms with Gasteiger partial charge < -0.3 is 10.1 Å². The molecule has 0 aromatic rings. The van der Waals surface area contributed by atoms with Gasteiger partial charge in [-0.15, -0.1) is 0 Å². The molecule has 1 aliphatic rings. The van der Waals surface area contributed by atoms with Crippen molar-refractivity contribution in [2.45, 2.75) is 39.8 Å². The van der Waals surface area contributed by atoms with Crippen LogP contribution in [-0.2, 0) is 4.74 Å². The van der Waals surface area contributed by atoms with Gasteiger partial charge in [0.25, 0.3) is 0 Å². The molecule has 1 saturated heterocycles. The quantitative estimate of drug-likeness (QED) is 0.699. The Morgan fingerprint density at radius 2 is 2.20 bits per heavy atom. The number of rotatable bonds is 5. The van der Waals surface area contributed by atoms with E-state index in [1.165, 1.54) is 0 Å². The summed E-state index contributed by atoms with van der Waals surface area (Å²) in [5.41, 5.74) is 0. The van der Waals surface area contributed by atoms with Crippen LogP contribution in [0.15, 0.2) is 0 Å². The zero-order chi connectivity index (χ0) is 11.3. The summed E-state index contributed by atoms with van der Waals surface area (Å²) in [5, 5.41) is 3.61. The second kappa shape index (κ2) is 6.46. The van der Waals surface area contributed by atoms with Crippen LogP contribution in [0.5, 0.6) is 0 Å². The van der Waals surface area contributed by atoms with Crippen molar-refractivity contribution in [2.24, 2.45) is 5.92 Å². The zero-order valence-corrected chi connectivity index (χ0v) is 10.6. The lowest BCUT2D eigenvalue weighted by molar-refractivity contribution is 0.0688. The van der Waals surface area contributed by atoms with Gasteiger partial charge in [-0.2, -0.15) is 0 Å². The van der Waals surface area contributed by atoms with Crippen molar-refractivity contribution in [2.75, 3.05) is 32.8 Å². The molecule has 3 nitrogen and oxygen atoms in total. The minimum absolute atomic E-state index is 0.639. The highest BCUT2D eigenvalue weighted by molar-refractivity contribution is 4.85. The zero-order valence-electron chi connectivity index (χ0n) is 10.6. The fourth-order valence-corrected chi connectivity index (χ4v) is 2.03. The van der Waals surface area contributed by atoms with Gasteiger partial charge in [-0.1, -0.05) is 13.8 Å². The third kappa shape index (κ3) is 4.09. The summed E-state index contributed by atoms with van der Waals surface area (Å²) in [6.07, 6.45) is 0. The van der Waals surface area contributed by atoms with Crippen LogP contribution in [0.4, 0.5) is 0 Å². The second-order valence-electron chi connectivity index (χ2n) is 4.80. The summed E-state index contributed by atoms with van der Waals surface area (Å²) in [5.74, 6) is 0.715. The van der Waals surface area contributed by atoms with Crippen molar-refractivity contribution >= 4 is 0 Å². The molecule has 90 valence electrons. The molecular formula is C12H26N2O. The van der Waals surface area contributed by atoms with E-state index < -0.39 is 0 Å². The van der Waals surface area contributed by atoms with E-state index in [2.05, 4.69) is 37.9 Å². The third-order valence-corrected chi connectivity index (χ3v) is 3.26. The lowest BCUT2D eigenvalue weighted by Gasteiger charge is -2.40. The molecule has 0 bridgehead atoms. The van der Waals surface area contributed by atoms with Crippen molar-refractivity contribution < 1.29 is 4.74 Å². The van der Waals surface area contributed by atoms with Gasteiger partial charge in [0.05, 0.1) is 6.61 Å². The van der Waals surface area contributed by atoms with Crippen LogP contribution in [0.1, 0.15) is 27.7 Å². The SMILES string of the molecule is CCOCCN1CC(C(C)C)NCC1C. The molecule has 0 aliphatic carbocycles. The van der Waals surface area contributed by atoms with Crippen LogP contribution in [-0.4, -0.2) is 49.8 Å². The predicted octanol–water partition coefficient (Wildman–Crippen LogP) is 1.34. The molecule has 1 heterocycles. The molecule has 0 amide bonds. The van der Waals surface area contributed by atoms with E-state index in [9.17, 15) is 0 Å². The summed E-state index contributed by atoms with van der Waals surface area (Å²) >= 11 is 0. The summed E-state index contributed by atoms with van der Waals surface area (Å²) in [4.78, 5) is 2.54. The van der Waals surface area contributed by atoms with Gasteiger partial charge in [0.15, 0.2) is 0 Å². The van der Waals surface area contributed by atoms with Crippen LogP contribution in [0, 0.1) is 5.92 Å². The molecule has 1 aliphatic heterocycles. The Bertz CT molecular complexity index is 173. The topological polar surface area (TPSA) is 24.5 Å². The molecule has 15 heavy (non-hydrogen) atoms. The highest BCUT2D eigenvalue weighted by Gasteiger charge is 2.25. The molecule has 3 heteroatoms. The van der Waals surface area contributed by atoms with Crippen molar-refractivity contribution in [3.63, 3.8) is 0 Å². The van der Waals surface area contributed by atoms with Crippen molar-refractivity contribution in [1.82, 2.24) is 10.2 Å². The van der Waals surface area contributed by atoms with Crippen LogP contribution in [0.3, 0.4) is 0 Å². The van der Waals surface area contributed by atoms with E-state index in [0.29, 0.717) is 18.0 Å². The van der Waals surface area contributed by atoms with E-state index in [1.54, 1.807) is 0 Å². The largest absolute Gasteiger partial charge is 0.380 e. The lowest BCUT2D eigenvalue weighted by Crippen LogP contribution is -2.57. The molecule has 2 atom stereocenters. The molecule has 1 N–H and O–H groups in total. The number of nitrogens with zero attached hydrogens (tertiary/aromatic N) is 1. The van der Waals surface area contributed by atoms with Gasteiger partial charge in [0, 0.05) is 38.3 Å². The summed E-state index contributed by atoms with van der Waals surface area (Å²) < 4.78 is 5.42. The molecule has 1 fully saturated rings. The fourth-order valence-electron chi connectivity index (χ4n) is 2.03. The first-order valence-electron chi connectivity index (χ1n) is 6.20. The van der Waals surface area contributed by atoms with E-state index in [4.69, 9.17) is 4.74 Å². The van der Waals surface area contributed by atoms with Crippen LogP contribution in [0.2, 0.25) is 0 Å². The summed E-state index contributed by atoms with van der Waals surface area (Å²) in [6.45, 7) is 13.9. The van der Waals surface area contributed by atoms with Crippen molar-refractivity contribution in [3.05, 3.63) is 0 Å². The monoisotopic (exact) mass is 214 g/mol. The maximum atomic E-state index is 5.42. The van der Waals surface area contributed by atoms with E-state index in [1.807, 2.05) is 0 Å². The van der Waals surface area contributed by atoms with Gasteiger partial charge in [-0.3, -0.25) is 4.90 Å². The highest BCUT2D eigenvalue weighted by Crippen LogP contribution is 2.12. The Morgan fingerprint density at radius 3 is 2.80 bits per heavy atom. The fraction of sp³-hybridized carbons (Fsp3) is 1.00. The minimum atomic E-state index is 0.639. The summed E-state index contributed by atoms with van der Waals surface area (Å²) in [6, 6.07) is 1.28. The second-order valence-corrected chi connectivity index (χ2v) is 4.80. The van der Waals surface area contributed by atoms with Crippen LogP contribution >= 0.6 is 0 Å². The van der Waals surface area contributed by atoms with Crippen molar-refractivity contribution in [3.8, 4) is 0 Å². The number of piperazine rings is 1. The van der Waals surface area contributed by atoms with Gasteiger partial charge in [0.2, 0.25) is 0 Å². The number of nitrogens with one attached hydrogen (secondary N) is 1. The van der Waals surface area contributed by atoms with Gasteiger partial charge in [-0.25, -0.2) is 0 Å². The first-order chi connectivity index (χ1) is 7.15. The lowest BCUT2D eigenvalue weighted by atomic mass is 10.00. The molecule has 1 rings (SSSR count). The van der Waals surface area contributed by atoms with E-state index in [0.717, 1.165) is 32.8 Å². The van der Waals surface area contributed by atoms with E-state index in [-0.39, 0.29) is 0 Å². The Hall–Kier alpha value is -0.120. The highest BCUT2D eigenvalue weighted by atomic mass is 16.5. The van der Waals surface area contributed by atoms with Gasteiger partial charge in [0.1, 0.15) is 0 Å². The average Bonchev–Trinajstić information content (AvgIpc) is 2.20. The standard InChI is InChI=1S/C12H26N2O/c1-5-15-7-6-14-9-12(10(2)3)13-8-11(14)4/h10-13H,5-9H2,1-4H3. The van der Waals surface area contributed by atoms with E-state index >= 15 is 0 Å². The average molecular weight is 214 g/mol. The van der Waals surface area contributed by atoms with Gasteiger partial charge >= 0.3 is 0 Å². The minimum Gasteiger partial charge on any atom is -0.380 e. The molecular weight excluding hydrogens is 188 g/mol. The Labute approximate surface area is 94.2 Å². The number of hydrogen-bond acceptors (Lipinski definition) is 3. The molecule has 0 aromatic carbocycles. The molecule has 0 saturated carbocycles. The normalized spacial score (nSPS) is 28.6. The third-order valence-electron chi connectivity index (χ3n) is 3.26. The molecule has 0 aromatic heterocycles. The Morgan fingerprint density at radius 1 is 1.47 bits per heavy atom. The smallest absolute Gasteiger partial charge is 0.0593 e. The van der Waals surface area contributed by atoms with Gasteiger partial charge in [-0.05, 0) is 19.8 Å². The first-order valence-corrected chi connectivity index (χ1v) is 6.20. The molecule has 0 radical (unpaired) electrons. The maximum absolute atomic E-state index is 5.42. The molecule has 0 spiro atoms. The van der Waals surface area contributed by atoms with Crippen LogP contribution in [0.25, 0.3) is 0 Å². The number of ether oxygens (including phenoxy) is 1. The maximum Gasteiger partial charge on any atom is 0.0593 e. The Kier molecular flexibility index (Phi) is 5.58. The van der Waals surface area contributed by atoms with Crippen molar-refractivity contribution in [1.29, 1.82) is 0 Å². The van der Waals surface area contributed by atoms with Crippen LogP contribution < -0.4 is 5.32 Å². The number of hydrogen-bond donors (Lipinski definition) is 1. The first kappa shape index (κ1) is 12.9. The predicted molar refractivity (Wildman–Crippen MR) is 64.2 cm³/mol.